The van der Waals surface area contributed by atoms with Crippen molar-refractivity contribution in [2.75, 3.05) is 23.3 Å². The Morgan fingerprint density at radius 1 is 1.19 bits per heavy atom. The molecule has 0 amide bonds. The first-order valence-electron chi connectivity index (χ1n) is 9.00. The Morgan fingerprint density at radius 3 is 2.58 bits per heavy atom. The number of anilines is 2. The molecule has 2 aromatic rings. The van der Waals surface area contributed by atoms with Crippen LogP contribution in [-0.2, 0) is 6.54 Å². The third kappa shape index (κ3) is 5.08. The summed E-state index contributed by atoms with van der Waals surface area (Å²) >= 11 is 11.5. The van der Waals surface area contributed by atoms with Crippen molar-refractivity contribution in [3.05, 3.63) is 53.2 Å². The predicted molar refractivity (Wildman–Crippen MR) is 114 cm³/mol. The molecule has 3 rings (SSSR count). The van der Waals surface area contributed by atoms with Crippen LogP contribution in [-0.4, -0.2) is 23.2 Å². The van der Waals surface area contributed by atoms with Crippen LogP contribution in [0.3, 0.4) is 0 Å². The van der Waals surface area contributed by atoms with Gasteiger partial charge in [-0.15, -0.1) is 0 Å². The number of hydrogen-bond donors (Lipinski definition) is 2. The highest BCUT2D eigenvalue weighted by molar-refractivity contribution is 7.80. The van der Waals surface area contributed by atoms with Gasteiger partial charge in [0.2, 0.25) is 0 Å². The normalized spacial score (nSPS) is 19.9. The van der Waals surface area contributed by atoms with E-state index >= 15 is 0 Å². The van der Waals surface area contributed by atoms with Crippen LogP contribution in [0.2, 0.25) is 5.02 Å². The van der Waals surface area contributed by atoms with Crippen LogP contribution >= 0.6 is 23.8 Å². The zero-order valence-corrected chi connectivity index (χ0v) is 16.8. The largest absolute Gasteiger partial charge is 0.358 e. The van der Waals surface area contributed by atoms with Crippen molar-refractivity contribution in [1.29, 1.82) is 0 Å². The molecule has 2 N–H and O–H groups in total. The Morgan fingerprint density at radius 2 is 1.92 bits per heavy atom. The van der Waals surface area contributed by atoms with Crippen molar-refractivity contribution in [3.8, 4) is 0 Å². The second-order valence-corrected chi connectivity index (χ2v) is 7.97. The van der Waals surface area contributed by atoms with E-state index in [1.54, 1.807) is 0 Å². The quantitative estimate of drug-likeness (QED) is 0.742. The monoisotopic (exact) mass is 388 g/mol. The zero-order valence-electron chi connectivity index (χ0n) is 15.2. The van der Waals surface area contributed by atoms with Gasteiger partial charge < -0.3 is 15.5 Å². The molecular weight excluding hydrogens is 364 g/mol. The molecule has 1 aromatic heterocycles. The van der Waals surface area contributed by atoms with E-state index < -0.39 is 0 Å². The SMILES string of the molecule is C[C@@H]1C[C@H](C)CN(c2ccc(NC(=S)NCc3ccccc3Cl)cn2)C1. The van der Waals surface area contributed by atoms with Gasteiger partial charge in [-0.3, -0.25) is 0 Å². The van der Waals surface area contributed by atoms with E-state index in [0.29, 0.717) is 23.5 Å². The second kappa shape index (κ2) is 8.69. The molecule has 0 saturated carbocycles. The number of nitrogens with one attached hydrogen (secondary N) is 2. The van der Waals surface area contributed by atoms with E-state index in [1.165, 1.54) is 6.42 Å². The van der Waals surface area contributed by atoms with Crippen molar-refractivity contribution >= 4 is 40.4 Å². The number of benzene rings is 1. The number of thiocarbonyl (C=S) groups is 1. The van der Waals surface area contributed by atoms with Crippen molar-refractivity contribution in [3.63, 3.8) is 0 Å². The van der Waals surface area contributed by atoms with E-state index in [2.05, 4.69) is 40.4 Å². The molecule has 1 aliphatic heterocycles. The molecule has 2 atom stereocenters. The third-order valence-electron chi connectivity index (χ3n) is 4.60. The molecule has 26 heavy (non-hydrogen) atoms. The zero-order chi connectivity index (χ0) is 18.5. The fraction of sp³-hybridized carbons (Fsp3) is 0.400. The maximum atomic E-state index is 6.16. The first-order valence-corrected chi connectivity index (χ1v) is 9.79. The maximum absolute atomic E-state index is 6.16. The molecule has 6 heteroatoms. The van der Waals surface area contributed by atoms with Crippen LogP contribution in [0.1, 0.15) is 25.8 Å². The Bertz CT molecular complexity index is 740. The van der Waals surface area contributed by atoms with Crippen LogP contribution in [0.15, 0.2) is 42.6 Å². The summed E-state index contributed by atoms with van der Waals surface area (Å²) in [4.78, 5) is 6.98. The van der Waals surface area contributed by atoms with E-state index in [1.807, 2.05) is 36.5 Å². The lowest BCUT2D eigenvalue weighted by Crippen LogP contribution is -2.39. The summed E-state index contributed by atoms with van der Waals surface area (Å²) in [7, 11) is 0. The van der Waals surface area contributed by atoms with Crippen LogP contribution in [0.5, 0.6) is 0 Å². The molecule has 0 unspecified atom stereocenters. The van der Waals surface area contributed by atoms with Gasteiger partial charge in [-0.25, -0.2) is 4.98 Å². The van der Waals surface area contributed by atoms with Crippen molar-refractivity contribution in [1.82, 2.24) is 10.3 Å². The number of pyridine rings is 1. The van der Waals surface area contributed by atoms with Gasteiger partial charge in [-0.05, 0) is 54.2 Å². The molecule has 1 saturated heterocycles. The molecular formula is C20H25ClN4S. The Labute approximate surface area is 166 Å². The summed E-state index contributed by atoms with van der Waals surface area (Å²) in [5.74, 6) is 2.45. The van der Waals surface area contributed by atoms with Gasteiger partial charge in [0.05, 0.1) is 11.9 Å². The molecule has 138 valence electrons. The summed E-state index contributed by atoms with van der Waals surface area (Å²) < 4.78 is 0. The second-order valence-electron chi connectivity index (χ2n) is 7.16. The van der Waals surface area contributed by atoms with Crippen LogP contribution in [0.4, 0.5) is 11.5 Å². The van der Waals surface area contributed by atoms with Crippen molar-refractivity contribution in [2.24, 2.45) is 11.8 Å². The molecule has 0 aliphatic carbocycles. The first kappa shape index (κ1) is 18.9. The number of piperidine rings is 1. The summed E-state index contributed by atoms with van der Waals surface area (Å²) in [6.07, 6.45) is 3.13. The number of rotatable bonds is 4. The fourth-order valence-electron chi connectivity index (χ4n) is 3.49. The smallest absolute Gasteiger partial charge is 0.171 e. The molecule has 4 nitrogen and oxygen atoms in total. The van der Waals surface area contributed by atoms with Crippen LogP contribution < -0.4 is 15.5 Å². The van der Waals surface area contributed by atoms with Gasteiger partial charge in [-0.1, -0.05) is 43.6 Å². The average Bonchev–Trinajstić information content (AvgIpc) is 2.61. The number of hydrogen-bond acceptors (Lipinski definition) is 3. The highest BCUT2D eigenvalue weighted by Gasteiger charge is 2.22. The Hall–Kier alpha value is -1.85. The van der Waals surface area contributed by atoms with E-state index in [-0.39, 0.29) is 0 Å². The molecule has 1 aromatic carbocycles. The van der Waals surface area contributed by atoms with Crippen LogP contribution in [0, 0.1) is 11.8 Å². The van der Waals surface area contributed by atoms with Gasteiger partial charge in [0, 0.05) is 24.7 Å². The average molecular weight is 389 g/mol. The number of aromatic nitrogens is 1. The van der Waals surface area contributed by atoms with Crippen molar-refractivity contribution < 1.29 is 0 Å². The van der Waals surface area contributed by atoms with Gasteiger partial charge in [0.1, 0.15) is 5.82 Å². The minimum absolute atomic E-state index is 0.555. The number of halogens is 1. The summed E-state index contributed by atoms with van der Waals surface area (Å²) in [6, 6.07) is 11.8. The summed E-state index contributed by atoms with van der Waals surface area (Å²) in [5.41, 5.74) is 1.89. The summed E-state index contributed by atoms with van der Waals surface area (Å²) in [5, 5.41) is 7.64. The molecule has 0 radical (unpaired) electrons. The van der Waals surface area contributed by atoms with E-state index in [0.717, 1.165) is 35.2 Å². The van der Waals surface area contributed by atoms with Gasteiger partial charge >= 0.3 is 0 Å². The number of nitrogens with zero attached hydrogens (tertiary/aromatic N) is 2. The van der Waals surface area contributed by atoms with Crippen LogP contribution in [0.25, 0.3) is 0 Å². The lowest BCUT2D eigenvalue weighted by atomic mass is 9.92. The first-order chi connectivity index (χ1) is 12.5. The lowest BCUT2D eigenvalue weighted by molar-refractivity contribution is 0.355. The predicted octanol–water partition coefficient (Wildman–Crippen LogP) is 4.70. The lowest BCUT2D eigenvalue weighted by Gasteiger charge is -2.35. The molecule has 0 spiro atoms. The third-order valence-corrected chi connectivity index (χ3v) is 5.21. The Balaban J connectivity index is 1.54. The van der Waals surface area contributed by atoms with Gasteiger partial charge in [0.25, 0.3) is 0 Å². The van der Waals surface area contributed by atoms with Gasteiger partial charge in [-0.2, -0.15) is 0 Å². The van der Waals surface area contributed by atoms with E-state index in [4.69, 9.17) is 23.8 Å². The highest BCUT2D eigenvalue weighted by atomic mass is 35.5. The fourth-order valence-corrected chi connectivity index (χ4v) is 3.88. The summed E-state index contributed by atoms with van der Waals surface area (Å²) in [6.45, 7) is 7.34. The molecule has 1 aliphatic rings. The maximum Gasteiger partial charge on any atom is 0.171 e. The topological polar surface area (TPSA) is 40.2 Å². The molecule has 2 heterocycles. The minimum atomic E-state index is 0.555. The molecule has 0 bridgehead atoms. The van der Waals surface area contributed by atoms with Crippen molar-refractivity contribution in [2.45, 2.75) is 26.8 Å². The molecule has 1 fully saturated rings. The van der Waals surface area contributed by atoms with E-state index in [9.17, 15) is 0 Å². The standard InChI is InChI=1S/C20H25ClN4S/c1-14-9-15(2)13-25(12-14)19-8-7-17(11-22-19)24-20(26)23-10-16-5-3-4-6-18(16)21/h3-8,11,14-15H,9-10,12-13H2,1-2H3,(H2,23,24,26)/t14-,15+. The highest BCUT2D eigenvalue weighted by Crippen LogP contribution is 2.25. The Kier molecular flexibility index (Phi) is 6.33. The van der Waals surface area contributed by atoms with Gasteiger partial charge in [0.15, 0.2) is 5.11 Å². The minimum Gasteiger partial charge on any atom is -0.358 e.